The highest BCUT2D eigenvalue weighted by atomic mass is 15.2. The predicted octanol–water partition coefficient (Wildman–Crippen LogP) is 4.72. The second-order valence-corrected chi connectivity index (χ2v) is 9.23. The lowest BCUT2D eigenvalue weighted by Gasteiger charge is -2.32. The highest BCUT2D eigenvalue weighted by Gasteiger charge is 2.26. The molecule has 0 radical (unpaired) electrons. The number of hydrogen-bond acceptors (Lipinski definition) is 4. The van der Waals surface area contributed by atoms with Crippen LogP contribution in [0.2, 0.25) is 0 Å². The first-order valence-corrected chi connectivity index (χ1v) is 11.3. The van der Waals surface area contributed by atoms with Gasteiger partial charge in [-0.05, 0) is 76.0 Å². The number of hydrogen-bond donors (Lipinski definition) is 0. The van der Waals surface area contributed by atoms with E-state index >= 15 is 0 Å². The van der Waals surface area contributed by atoms with Gasteiger partial charge < -0.3 is 9.30 Å². The molecule has 5 nitrogen and oxygen atoms in total. The summed E-state index contributed by atoms with van der Waals surface area (Å²) in [4.78, 5) is 14.6. The van der Waals surface area contributed by atoms with E-state index in [1.54, 1.807) is 0 Å². The van der Waals surface area contributed by atoms with Crippen LogP contribution in [0, 0.1) is 5.92 Å². The monoisotopic (exact) mass is 405 g/mol. The average Bonchev–Trinajstić information content (AvgIpc) is 3.08. The maximum atomic E-state index is 5.03. The Morgan fingerprint density at radius 3 is 2.83 bits per heavy atom. The van der Waals surface area contributed by atoms with Crippen LogP contribution in [0.25, 0.3) is 5.65 Å². The fraction of sp³-hybridized carbons (Fsp3) is 0.520. The molecule has 1 aliphatic rings. The van der Waals surface area contributed by atoms with Crippen LogP contribution in [0.4, 0.5) is 0 Å². The Bertz CT molecular complexity index is 977. The maximum Gasteiger partial charge on any atom is 0.137 e. The number of aryl methyl sites for hydroxylation is 1. The lowest BCUT2D eigenvalue weighted by Crippen LogP contribution is -2.29. The van der Waals surface area contributed by atoms with Crippen LogP contribution in [0.5, 0.6) is 0 Å². The average molecular weight is 406 g/mol. The fourth-order valence-electron chi connectivity index (χ4n) is 4.56. The molecular weight excluding hydrogens is 370 g/mol. The van der Waals surface area contributed by atoms with Crippen molar-refractivity contribution in [2.45, 2.75) is 58.7 Å². The summed E-state index contributed by atoms with van der Waals surface area (Å²) in [6.45, 7) is 7.44. The Morgan fingerprint density at radius 2 is 2.00 bits per heavy atom. The number of rotatable bonds is 8. The van der Waals surface area contributed by atoms with Gasteiger partial charge in [0.1, 0.15) is 5.65 Å². The minimum absolute atomic E-state index is 0.367. The van der Waals surface area contributed by atoms with Gasteiger partial charge in [-0.2, -0.15) is 0 Å². The van der Waals surface area contributed by atoms with Crippen molar-refractivity contribution in [2.75, 3.05) is 20.6 Å². The van der Waals surface area contributed by atoms with E-state index in [0.717, 1.165) is 44.0 Å². The van der Waals surface area contributed by atoms with E-state index < -0.39 is 0 Å². The third kappa shape index (κ3) is 4.57. The van der Waals surface area contributed by atoms with Gasteiger partial charge in [0.15, 0.2) is 0 Å². The van der Waals surface area contributed by atoms with Crippen LogP contribution < -0.4 is 0 Å². The molecule has 0 fully saturated rings. The van der Waals surface area contributed by atoms with Crippen molar-refractivity contribution in [1.82, 2.24) is 24.2 Å². The summed E-state index contributed by atoms with van der Waals surface area (Å²) in [7, 11) is 4.45. The van der Waals surface area contributed by atoms with Crippen molar-refractivity contribution >= 4 is 5.65 Å². The normalized spacial score (nSPS) is 16.7. The molecule has 0 bridgehead atoms. The standard InChI is InChI=1S/C25H35N5/c1-19(2)13-16-28(3)18-23-21(27-24-12-5-6-15-30(23)24)17-29(4)22-11-7-9-20-10-8-14-26-25(20)22/h5-6,8,10,12,14-15,19,22H,7,9,11,13,16-18H2,1-4H3/t22-/m0/s1. The van der Waals surface area contributed by atoms with Gasteiger partial charge in [0.25, 0.3) is 0 Å². The first-order chi connectivity index (χ1) is 14.5. The molecule has 5 heteroatoms. The molecule has 0 saturated heterocycles. The molecule has 1 aliphatic carbocycles. The summed E-state index contributed by atoms with van der Waals surface area (Å²) in [5, 5.41) is 0. The van der Waals surface area contributed by atoms with Gasteiger partial charge in [0.05, 0.1) is 23.1 Å². The van der Waals surface area contributed by atoms with Crippen LogP contribution in [-0.2, 0) is 19.5 Å². The third-order valence-electron chi connectivity index (χ3n) is 6.32. The van der Waals surface area contributed by atoms with Gasteiger partial charge in [-0.3, -0.25) is 9.88 Å². The number of nitrogens with zero attached hydrogens (tertiary/aromatic N) is 5. The first-order valence-electron chi connectivity index (χ1n) is 11.3. The molecule has 0 N–H and O–H groups in total. The highest BCUT2D eigenvalue weighted by molar-refractivity contribution is 5.43. The quantitative estimate of drug-likeness (QED) is 0.543. The van der Waals surface area contributed by atoms with Crippen LogP contribution in [-0.4, -0.2) is 44.8 Å². The van der Waals surface area contributed by atoms with Gasteiger partial charge in [-0.25, -0.2) is 4.98 Å². The molecule has 0 spiro atoms. The van der Waals surface area contributed by atoms with Crippen LogP contribution in [0.1, 0.15) is 61.8 Å². The minimum atomic E-state index is 0.367. The lowest BCUT2D eigenvalue weighted by molar-refractivity contribution is 0.204. The van der Waals surface area contributed by atoms with Gasteiger partial charge in [0, 0.05) is 25.5 Å². The summed E-state index contributed by atoms with van der Waals surface area (Å²) in [5.41, 5.74) is 6.19. The molecule has 160 valence electrons. The maximum absolute atomic E-state index is 5.03. The largest absolute Gasteiger partial charge is 0.302 e. The molecule has 0 saturated carbocycles. The second-order valence-electron chi connectivity index (χ2n) is 9.23. The predicted molar refractivity (Wildman–Crippen MR) is 122 cm³/mol. The van der Waals surface area contributed by atoms with Crippen LogP contribution >= 0.6 is 0 Å². The van der Waals surface area contributed by atoms with E-state index in [2.05, 4.69) is 78.7 Å². The van der Waals surface area contributed by atoms with E-state index in [1.807, 2.05) is 6.20 Å². The summed E-state index contributed by atoms with van der Waals surface area (Å²) < 4.78 is 2.27. The Hall–Kier alpha value is -2.24. The Balaban J connectivity index is 1.58. The smallest absolute Gasteiger partial charge is 0.137 e. The minimum Gasteiger partial charge on any atom is -0.302 e. The second kappa shape index (κ2) is 9.27. The zero-order valence-corrected chi connectivity index (χ0v) is 18.9. The topological polar surface area (TPSA) is 36.7 Å². The molecular formula is C25H35N5. The number of pyridine rings is 2. The van der Waals surface area contributed by atoms with Crippen molar-refractivity contribution in [3.05, 3.63) is 65.4 Å². The van der Waals surface area contributed by atoms with Crippen LogP contribution in [0.3, 0.4) is 0 Å². The molecule has 0 amide bonds. The van der Waals surface area contributed by atoms with E-state index in [-0.39, 0.29) is 0 Å². The molecule has 4 rings (SSSR count). The molecule has 0 aromatic carbocycles. The third-order valence-corrected chi connectivity index (χ3v) is 6.32. The zero-order chi connectivity index (χ0) is 21.1. The van der Waals surface area contributed by atoms with Crippen molar-refractivity contribution in [2.24, 2.45) is 5.92 Å². The molecule has 3 aromatic rings. The molecule has 3 aromatic heterocycles. The van der Waals surface area contributed by atoms with E-state index in [0.29, 0.717) is 6.04 Å². The Morgan fingerprint density at radius 1 is 1.13 bits per heavy atom. The van der Waals surface area contributed by atoms with Gasteiger partial charge in [-0.15, -0.1) is 0 Å². The fourth-order valence-corrected chi connectivity index (χ4v) is 4.56. The van der Waals surface area contributed by atoms with Crippen molar-refractivity contribution in [3.63, 3.8) is 0 Å². The van der Waals surface area contributed by atoms with Crippen LogP contribution in [0.15, 0.2) is 42.7 Å². The highest BCUT2D eigenvalue weighted by Crippen LogP contribution is 2.33. The summed E-state index contributed by atoms with van der Waals surface area (Å²) >= 11 is 0. The molecule has 0 aliphatic heterocycles. The van der Waals surface area contributed by atoms with E-state index in [9.17, 15) is 0 Å². The molecule has 30 heavy (non-hydrogen) atoms. The van der Waals surface area contributed by atoms with Crippen molar-refractivity contribution in [1.29, 1.82) is 0 Å². The first kappa shape index (κ1) is 21.0. The number of imidazole rings is 1. The van der Waals surface area contributed by atoms with E-state index in [4.69, 9.17) is 9.97 Å². The summed E-state index contributed by atoms with van der Waals surface area (Å²) in [6.07, 6.45) is 8.84. The molecule has 0 unspecified atom stereocenters. The summed E-state index contributed by atoms with van der Waals surface area (Å²) in [5.74, 6) is 0.721. The molecule has 1 atom stereocenters. The van der Waals surface area contributed by atoms with Gasteiger partial charge in [0.2, 0.25) is 0 Å². The lowest BCUT2D eigenvalue weighted by atomic mass is 9.91. The molecule has 3 heterocycles. The van der Waals surface area contributed by atoms with E-state index in [1.165, 1.54) is 35.5 Å². The van der Waals surface area contributed by atoms with Gasteiger partial charge in [-0.1, -0.05) is 26.0 Å². The zero-order valence-electron chi connectivity index (χ0n) is 18.9. The number of fused-ring (bicyclic) bond motifs is 2. The van der Waals surface area contributed by atoms with Crippen molar-refractivity contribution in [3.8, 4) is 0 Å². The number of aromatic nitrogens is 3. The Kier molecular flexibility index (Phi) is 6.49. The summed E-state index contributed by atoms with van der Waals surface area (Å²) in [6, 6.07) is 11.0. The Labute approximate surface area is 180 Å². The van der Waals surface area contributed by atoms with Gasteiger partial charge >= 0.3 is 0 Å². The van der Waals surface area contributed by atoms with Crippen molar-refractivity contribution < 1.29 is 0 Å². The SMILES string of the molecule is CC(C)CCN(C)Cc1c(CN(C)[C@H]2CCCc3cccnc32)nc2ccccn12.